The number of halogens is 1. The number of likely N-dealkylation sites (tertiary alicyclic amines) is 1. The van der Waals surface area contributed by atoms with Gasteiger partial charge in [0.15, 0.2) is 0 Å². The van der Waals surface area contributed by atoms with Gasteiger partial charge in [0.05, 0.1) is 17.7 Å². The lowest BCUT2D eigenvalue weighted by Crippen LogP contribution is -2.45. The van der Waals surface area contributed by atoms with E-state index >= 15 is 0 Å². The summed E-state index contributed by atoms with van der Waals surface area (Å²) in [6.07, 6.45) is 0.347. The maximum atomic E-state index is 13.1. The number of carbonyl (C=O) groups is 2. The predicted molar refractivity (Wildman–Crippen MR) is 94.7 cm³/mol. The van der Waals surface area contributed by atoms with Crippen molar-refractivity contribution in [3.63, 3.8) is 0 Å². The Morgan fingerprint density at radius 2 is 1.96 bits per heavy atom. The summed E-state index contributed by atoms with van der Waals surface area (Å²) >= 11 is 0. The van der Waals surface area contributed by atoms with E-state index in [1.54, 1.807) is 0 Å². The SMILES string of the molecule is O=C(c1ccc(=O)n(-c2ccc(F)cc2)n1)N1C[C@H]2COCC[C@@]2(C(=O)O)C1. The first kappa shape index (κ1) is 18.3. The minimum Gasteiger partial charge on any atom is -0.481 e. The topological polar surface area (TPSA) is 102 Å². The van der Waals surface area contributed by atoms with Gasteiger partial charge in [-0.05, 0) is 36.8 Å². The molecule has 28 heavy (non-hydrogen) atoms. The fourth-order valence-electron chi connectivity index (χ4n) is 3.91. The molecule has 9 heteroatoms. The van der Waals surface area contributed by atoms with Crippen LogP contribution in [-0.2, 0) is 9.53 Å². The Balaban J connectivity index is 1.64. The molecule has 2 saturated heterocycles. The van der Waals surface area contributed by atoms with Crippen LogP contribution in [0.1, 0.15) is 16.9 Å². The Bertz CT molecular complexity index is 990. The number of hydrogen-bond acceptors (Lipinski definition) is 5. The van der Waals surface area contributed by atoms with Crippen molar-refractivity contribution in [2.45, 2.75) is 6.42 Å². The first-order valence-electron chi connectivity index (χ1n) is 8.87. The highest BCUT2D eigenvalue weighted by atomic mass is 19.1. The van der Waals surface area contributed by atoms with Crippen LogP contribution in [0.15, 0.2) is 41.2 Å². The van der Waals surface area contributed by atoms with Crippen LogP contribution in [0.5, 0.6) is 0 Å². The van der Waals surface area contributed by atoms with Crippen LogP contribution < -0.4 is 5.56 Å². The van der Waals surface area contributed by atoms with Crippen LogP contribution in [-0.4, -0.2) is 58.0 Å². The van der Waals surface area contributed by atoms with Crippen molar-refractivity contribution in [1.29, 1.82) is 0 Å². The van der Waals surface area contributed by atoms with E-state index in [0.717, 1.165) is 4.68 Å². The van der Waals surface area contributed by atoms with Crippen molar-refractivity contribution < 1.29 is 23.8 Å². The third-order valence-corrected chi connectivity index (χ3v) is 5.51. The molecule has 3 heterocycles. The smallest absolute Gasteiger partial charge is 0.311 e. The molecule has 2 aliphatic rings. The molecule has 1 amide bonds. The number of carbonyl (C=O) groups excluding carboxylic acids is 1. The molecule has 2 aliphatic heterocycles. The van der Waals surface area contributed by atoms with Gasteiger partial charge in [0.1, 0.15) is 11.5 Å². The quantitative estimate of drug-likeness (QED) is 0.841. The van der Waals surface area contributed by atoms with Crippen LogP contribution in [0, 0.1) is 17.2 Å². The number of benzene rings is 1. The average molecular weight is 387 g/mol. The van der Waals surface area contributed by atoms with E-state index in [-0.39, 0.29) is 24.7 Å². The number of carboxylic acids is 1. The summed E-state index contributed by atoms with van der Waals surface area (Å²) in [5.74, 6) is -2.12. The van der Waals surface area contributed by atoms with Crippen LogP contribution in [0.25, 0.3) is 5.69 Å². The highest BCUT2D eigenvalue weighted by Gasteiger charge is 2.55. The Kier molecular flexibility index (Phi) is 4.46. The monoisotopic (exact) mass is 387 g/mol. The van der Waals surface area contributed by atoms with E-state index in [1.165, 1.54) is 41.3 Å². The van der Waals surface area contributed by atoms with Gasteiger partial charge >= 0.3 is 5.97 Å². The van der Waals surface area contributed by atoms with E-state index in [4.69, 9.17) is 4.74 Å². The van der Waals surface area contributed by atoms with Gasteiger partial charge in [0, 0.05) is 31.7 Å². The fraction of sp³-hybridized carbons (Fsp3) is 0.368. The summed E-state index contributed by atoms with van der Waals surface area (Å²) in [5.41, 5.74) is -1.14. The van der Waals surface area contributed by atoms with Crippen molar-refractivity contribution in [3.8, 4) is 5.69 Å². The number of hydrogen-bond donors (Lipinski definition) is 1. The number of rotatable bonds is 3. The number of aromatic nitrogens is 2. The summed E-state index contributed by atoms with van der Waals surface area (Å²) in [4.78, 5) is 38.4. The number of aliphatic carboxylic acids is 1. The fourth-order valence-corrected chi connectivity index (χ4v) is 3.91. The Hall–Kier alpha value is -3.07. The Labute approximate surface area is 159 Å². The number of nitrogens with zero attached hydrogens (tertiary/aromatic N) is 3. The molecule has 0 radical (unpaired) electrons. The maximum absolute atomic E-state index is 13.1. The standard InChI is InChI=1S/C19H18FN3O5/c20-13-1-3-14(4-2-13)23-16(24)6-5-15(21-23)17(25)22-9-12-10-28-8-7-19(12,11-22)18(26)27/h1-6,12H,7-11H2,(H,26,27)/t12-,19+/m0/s1. The lowest BCUT2D eigenvalue weighted by molar-refractivity contribution is -0.157. The van der Waals surface area contributed by atoms with E-state index in [1.807, 2.05) is 0 Å². The van der Waals surface area contributed by atoms with Crippen molar-refractivity contribution in [2.75, 3.05) is 26.3 Å². The zero-order chi connectivity index (χ0) is 19.9. The third-order valence-electron chi connectivity index (χ3n) is 5.51. The van der Waals surface area contributed by atoms with E-state index in [0.29, 0.717) is 25.3 Å². The van der Waals surface area contributed by atoms with Gasteiger partial charge in [-0.25, -0.2) is 4.39 Å². The number of carboxylic acid groups (broad SMARTS) is 1. The number of amides is 1. The van der Waals surface area contributed by atoms with Gasteiger partial charge in [0.25, 0.3) is 11.5 Å². The first-order valence-corrected chi connectivity index (χ1v) is 8.87. The molecule has 1 aromatic heterocycles. The van der Waals surface area contributed by atoms with Gasteiger partial charge in [-0.3, -0.25) is 14.4 Å². The first-order chi connectivity index (χ1) is 13.4. The molecule has 1 aromatic carbocycles. The molecule has 146 valence electrons. The minimum atomic E-state index is -1.01. The van der Waals surface area contributed by atoms with Crippen molar-refractivity contribution in [3.05, 3.63) is 58.3 Å². The van der Waals surface area contributed by atoms with Crippen molar-refractivity contribution >= 4 is 11.9 Å². The van der Waals surface area contributed by atoms with Gasteiger partial charge in [-0.15, -0.1) is 0 Å². The molecule has 2 aromatic rings. The molecule has 1 N–H and O–H groups in total. The molecule has 2 atom stereocenters. The molecular weight excluding hydrogens is 369 g/mol. The molecule has 0 saturated carbocycles. The molecule has 8 nitrogen and oxygen atoms in total. The van der Waals surface area contributed by atoms with Crippen LogP contribution in [0.4, 0.5) is 4.39 Å². The van der Waals surface area contributed by atoms with Gasteiger partial charge in [-0.2, -0.15) is 9.78 Å². The average Bonchev–Trinajstić information content (AvgIpc) is 3.10. The van der Waals surface area contributed by atoms with Crippen molar-refractivity contribution in [1.82, 2.24) is 14.7 Å². The molecule has 2 fully saturated rings. The largest absolute Gasteiger partial charge is 0.481 e. The van der Waals surface area contributed by atoms with Crippen LogP contribution in [0.2, 0.25) is 0 Å². The summed E-state index contributed by atoms with van der Waals surface area (Å²) in [7, 11) is 0. The van der Waals surface area contributed by atoms with Gasteiger partial charge < -0.3 is 14.7 Å². The molecule has 0 aliphatic carbocycles. The Morgan fingerprint density at radius 1 is 1.21 bits per heavy atom. The molecule has 0 spiro atoms. The highest BCUT2D eigenvalue weighted by Crippen LogP contribution is 2.42. The second-order valence-corrected chi connectivity index (χ2v) is 7.11. The number of fused-ring (bicyclic) bond motifs is 1. The number of ether oxygens (including phenoxy) is 1. The molecule has 0 bridgehead atoms. The second-order valence-electron chi connectivity index (χ2n) is 7.11. The van der Waals surface area contributed by atoms with E-state index in [2.05, 4.69) is 5.10 Å². The second kappa shape index (κ2) is 6.83. The summed E-state index contributed by atoms with van der Waals surface area (Å²) < 4.78 is 19.6. The van der Waals surface area contributed by atoms with Gasteiger partial charge in [-0.1, -0.05) is 0 Å². The molecule has 0 unspecified atom stereocenters. The van der Waals surface area contributed by atoms with Gasteiger partial charge in [0.2, 0.25) is 0 Å². The summed E-state index contributed by atoms with van der Waals surface area (Å²) in [6, 6.07) is 7.69. The van der Waals surface area contributed by atoms with E-state index in [9.17, 15) is 23.9 Å². The molecule has 4 rings (SSSR count). The lowest BCUT2D eigenvalue weighted by atomic mass is 9.74. The zero-order valence-corrected chi connectivity index (χ0v) is 14.9. The zero-order valence-electron chi connectivity index (χ0n) is 14.9. The van der Waals surface area contributed by atoms with Crippen molar-refractivity contribution in [2.24, 2.45) is 11.3 Å². The predicted octanol–water partition coefficient (Wildman–Crippen LogP) is 0.935. The van der Waals surface area contributed by atoms with Crippen LogP contribution in [0.3, 0.4) is 0 Å². The summed E-state index contributed by atoms with van der Waals surface area (Å²) in [6.45, 7) is 0.964. The third kappa shape index (κ3) is 2.97. The minimum absolute atomic E-state index is 0.0176. The Morgan fingerprint density at radius 3 is 2.64 bits per heavy atom. The summed E-state index contributed by atoms with van der Waals surface area (Å²) in [5, 5.41) is 13.8. The highest BCUT2D eigenvalue weighted by molar-refractivity contribution is 5.93. The van der Waals surface area contributed by atoms with Crippen LogP contribution >= 0.6 is 0 Å². The lowest BCUT2D eigenvalue weighted by Gasteiger charge is -2.33. The normalized spacial score (nSPS) is 24.0. The molecular formula is C19H18FN3O5. The maximum Gasteiger partial charge on any atom is 0.311 e. The van der Waals surface area contributed by atoms with E-state index < -0.39 is 28.7 Å².